The van der Waals surface area contributed by atoms with E-state index in [-0.39, 0.29) is 0 Å². The fraction of sp³-hybridized carbons (Fsp3) is 0.600. The molecule has 1 heterocycles. The van der Waals surface area contributed by atoms with Gasteiger partial charge >= 0.3 is 0 Å². The van der Waals surface area contributed by atoms with Crippen molar-refractivity contribution in [2.75, 3.05) is 44.1 Å². The van der Waals surface area contributed by atoms with Crippen LogP contribution in [0.2, 0.25) is 5.02 Å². The van der Waals surface area contributed by atoms with E-state index in [1.54, 1.807) is 0 Å². The highest BCUT2D eigenvalue weighted by atomic mass is 35.5. The van der Waals surface area contributed by atoms with Crippen molar-refractivity contribution < 1.29 is 4.74 Å². The summed E-state index contributed by atoms with van der Waals surface area (Å²) in [6.45, 7) is 4.74. The second-order valence-corrected chi connectivity index (χ2v) is 6.00. The highest BCUT2D eigenvalue weighted by Gasteiger charge is 2.17. The first kappa shape index (κ1) is 15.4. The lowest BCUT2D eigenvalue weighted by atomic mass is 10.1. The molecule has 2 N–H and O–H groups in total. The van der Waals surface area contributed by atoms with Gasteiger partial charge in [-0.25, -0.2) is 0 Å². The van der Waals surface area contributed by atoms with Crippen LogP contribution in [0.4, 0.5) is 11.4 Å². The molecule has 1 aromatic carbocycles. The summed E-state index contributed by atoms with van der Waals surface area (Å²) < 4.78 is 5.49. The van der Waals surface area contributed by atoms with Gasteiger partial charge in [-0.2, -0.15) is 0 Å². The normalized spacial score (nSPS) is 20.5. The number of hydrogen-bond donors (Lipinski definition) is 2. The lowest BCUT2D eigenvalue weighted by Gasteiger charge is -2.28. The fourth-order valence-electron chi connectivity index (χ4n) is 2.54. The van der Waals surface area contributed by atoms with E-state index in [1.165, 1.54) is 0 Å². The number of anilines is 2. The Morgan fingerprint density at radius 2 is 2.30 bits per heavy atom. The summed E-state index contributed by atoms with van der Waals surface area (Å²) in [6, 6.07) is 6.72. The number of halogens is 1. The standard InChI is InChI=1S/C15H24ClN3O/c1-11(8-13-10-20-7-6-17-13)18-14-9-12(16)4-5-15(14)19(2)3/h4-5,9,11,13,17-18H,6-8,10H2,1-3H3. The summed E-state index contributed by atoms with van der Waals surface area (Å²) in [5.74, 6) is 0. The van der Waals surface area contributed by atoms with Gasteiger partial charge in [0, 0.05) is 37.7 Å². The maximum Gasteiger partial charge on any atom is 0.0621 e. The number of nitrogens with one attached hydrogen (secondary N) is 2. The van der Waals surface area contributed by atoms with Gasteiger partial charge in [0.1, 0.15) is 0 Å². The van der Waals surface area contributed by atoms with Crippen molar-refractivity contribution in [3.63, 3.8) is 0 Å². The van der Waals surface area contributed by atoms with Crippen LogP contribution in [0.25, 0.3) is 0 Å². The lowest BCUT2D eigenvalue weighted by Crippen LogP contribution is -2.43. The van der Waals surface area contributed by atoms with Crippen LogP contribution >= 0.6 is 11.6 Å². The number of hydrogen-bond acceptors (Lipinski definition) is 4. The Hall–Kier alpha value is -0.970. The molecular formula is C15H24ClN3O. The average Bonchev–Trinajstić information content (AvgIpc) is 2.39. The second kappa shape index (κ2) is 7.16. The van der Waals surface area contributed by atoms with E-state index in [0.29, 0.717) is 12.1 Å². The van der Waals surface area contributed by atoms with Gasteiger partial charge < -0.3 is 20.3 Å². The number of morpholine rings is 1. The quantitative estimate of drug-likeness (QED) is 0.876. The Morgan fingerprint density at radius 1 is 1.50 bits per heavy atom. The van der Waals surface area contributed by atoms with Gasteiger partial charge in [0.15, 0.2) is 0 Å². The summed E-state index contributed by atoms with van der Waals surface area (Å²) in [5, 5.41) is 7.80. The molecule has 2 rings (SSSR count). The highest BCUT2D eigenvalue weighted by Crippen LogP contribution is 2.28. The molecule has 1 aliphatic heterocycles. The SMILES string of the molecule is CC(CC1COCCN1)Nc1cc(Cl)ccc1N(C)C. The van der Waals surface area contributed by atoms with Gasteiger partial charge in [0.05, 0.1) is 24.6 Å². The van der Waals surface area contributed by atoms with Crippen LogP contribution in [0.15, 0.2) is 18.2 Å². The van der Waals surface area contributed by atoms with Crippen LogP contribution < -0.4 is 15.5 Å². The van der Waals surface area contributed by atoms with Crippen LogP contribution in [-0.4, -0.2) is 45.9 Å². The van der Waals surface area contributed by atoms with Crippen LogP contribution in [-0.2, 0) is 4.74 Å². The Labute approximate surface area is 126 Å². The molecule has 0 aromatic heterocycles. The third-order valence-electron chi connectivity index (χ3n) is 3.48. The third-order valence-corrected chi connectivity index (χ3v) is 3.71. The molecule has 20 heavy (non-hydrogen) atoms. The molecule has 0 amide bonds. The predicted molar refractivity (Wildman–Crippen MR) is 86.1 cm³/mol. The Morgan fingerprint density at radius 3 is 2.95 bits per heavy atom. The van der Waals surface area contributed by atoms with E-state index < -0.39 is 0 Å². The number of rotatable bonds is 5. The van der Waals surface area contributed by atoms with Crippen LogP contribution in [0.3, 0.4) is 0 Å². The molecule has 4 nitrogen and oxygen atoms in total. The average molecular weight is 298 g/mol. The Bertz CT molecular complexity index is 433. The largest absolute Gasteiger partial charge is 0.381 e. The van der Waals surface area contributed by atoms with E-state index in [2.05, 4.69) is 22.5 Å². The monoisotopic (exact) mass is 297 g/mol. The molecule has 112 valence electrons. The van der Waals surface area contributed by atoms with Crippen molar-refractivity contribution in [2.24, 2.45) is 0 Å². The fourth-order valence-corrected chi connectivity index (χ4v) is 2.71. The van der Waals surface area contributed by atoms with Gasteiger partial charge in [0.25, 0.3) is 0 Å². The molecule has 0 spiro atoms. The zero-order valence-corrected chi connectivity index (χ0v) is 13.2. The number of nitrogens with zero attached hydrogens (tertiary/aromatic N) is 1. The topological polar surface area (TPSA) is 36.5 Å². The minimum absolute atomic E-state index is 0.353. The Kier molecular flexibility index (Phi) is 5.52. The van der Waals surface area contributed by atoms with Gasteiger partial charge in [-0.1, -0.05) is 11.6 Å². The van der Waals surface area contributed by atoms with E-state index in [1.807, 2.05) is 32.3 Å². The van der Waals surface area contributed by atoms with Gasteiger partial charge in [0.2, 0.25) is 0 Å². The van der Waals surface area contributed by atoms with Gasteiger partial charge in [-0.05, 0) is 31.5 Å². The van der Waals surface area contributed by atoms with E-state index in [0.717, 1.165) is 42.6 Å². The first-order chi connectivity index (χ1) is 9.56. The Balaban J connectivity index is 1.99. The summed E-state index contributed by atoms with van der Waals surface area (Å²) in [7, 11) is 4.07. The molecule has 1 saturated heterocycles. The van der Waals surface area contributed by atoms with E-state index in [4.69, 9.17) is 16.3 Å². The molecule has 0 radical (unpaired) electrons. The summed E-state index contributed by atoms with van der Waals surface area (Å²) in [6.07, 6.45) is 1.03. The van der Waals surface area contributed by atoms with Crippen molar-refractivity contribution in [3.05, 3.63) is 23.2 Å². The molecule has 0 saturated carbocycles. The second-order valence-electron chi connectivity index (χ2n) is 5.56. The lowest BCUT2D eigenvalue weighted by molar-refractivity contribution is 0.0731. The number of ether oxygens (including phenoxy) is 1. The zero-order chi connectivity index (χ0) is 14.5. The van der Waals surface area contributed by atoms with Crippen molar-refractivity contribution in [2.45, 2.75) is 25.4 Å². The maximum atomic E-state index is 6.11. The maximum absolute atomic E-state index is 6.11. The summed E-state index contributed by atoms with van der Waals surface area (Å²) in [4.78, 5) is 2.09. The molecular weight excluding hydrogens is 274 g/mol. The summed E-state index contributed by atoms with van der Waals surface area (Å²) in [5.41, 5.74) is 2.22. The van der Waals surface area contributed by atoms with E-state index >= 15 is 0 Å². The predicted octanol–water partition coefficient (Wildman–Crippen LogP) is 2.58. The molecule has 1 aliphatic rings. The van der Waals surface area contributed by atoms with Crippen LogP contribution in [0, 0.1) is 0 Å². The summed E-state index contributed by atoms with van der Waals surface area (Å²) >= 11 is 6.11. The van der Waals surface area contributed by atoms with Gasteiger partial charge in [-0.3, -0.25) is 0 Å². The van der Waals surface area contributed by atoms with Crippen molar-refractivity contribution >= 4 is 23.0 Å². The van der Waals surface area contributed by atoms with Crippen molar-refractivity contribution in [1.29, 1.82) is 0 Å². The van der Waals surface area contributed by atoms with Crippen molar-refractivity contribution in [3.8, 4) is 0 Å². The molecule has 2 unspecified atom stereocenters. The molecule has 2 atom stereocenters. The molecule has 1 fully saturated rings. The smallest absolute Gasteiger partial charge is 0.0621 e. The molecule has 5 heteroatoms. The molecule has 0 bridgehead atoms. The zero-order valence-electron chi connectivity index (χ0n) is 12.4. The molecule has 1 aromatic rings. The third kappa shape index (κ3) is 4.27. The van der Waals surface area contributed by atoms with Gasteiger partial charge in [-0.15, -0.1) is 0 Å². The minimum Gasteiger partial charge on any atom is -0.381 e. The highest BCUT2D eigenvalue weighted by molar-refractivity contribution is 6.31. The molecule has 0 aliphatic carbocycles. The van der Waals surface area contributed by atoms with Crippen LogP contribution in [0.5, 0.6) is 0 Å². The van der Waals surface area contributed by atoms with Crippen LogP contribution in [0.1, 0.15) is 13.3 Å². The number of benzene rings is 1. The first-order valence-corrected chi connectivity index (χ1v) is 7.48. The first-order valence-electron chi connectivity index (χ1n) is 7.11. The van der Waals surface area contributed by atoms with E-state index in [9.17, 15) is 0 Å². The minimum atomic E-state index is 0.353. The van der Waals surface area contributed by atoms with Crippen molar-refractivity contribution in [1.82, 2.24) is 5.32 Å².